The molecule has 0 saturated carbocycles. The van der Waals surface area contributed by atoms with Crippen molar-refractivity contribution in [2.24, 2.45) is 0 Å². The number of hydrogen-bond donors (Lipinski definition) is 4. The first kappa shape index (κ1) is 33.7. The number of rotatable bonds is 14. The Hall–Kier alpha value is -4.16. The Morgan fingerprint density at radius 1 is 0.978 bits per heavy atom. The summed E-state index contributed by atoms with van der Waals surface area (Å²) in [6, 6.07) is 18.2. The maximum Gasteiger partial charge on any atom is 0.274 e. The van der Waals surface area contributed by atoms with Crippen LogP contribution in [0.25, 0.3) is 22.3 Å². The molecule has 1 aromatic heterocycles. The van der Waals surface area contributed by atoms with Crippen molar-refractivity contribution in [1.29, 1.82) is 0 Å². The number of hydrogen-bond acceptors (Lipinski definition) is 7. The van der Waals surface area contributed by atoms with Crippen LogP contribution in [0.3, 0.4) is 0 Å². The van der Waals surface area contributed by atoms with E-state index in [4.69, 9.17) is 14.4 Å². The minimum absolute atomic E-state index is 0.0197. The number of pyridine rings is 1. The van der Waals surface area contributed by atoms with Gasteiger partial charge < -0.3 is 20.5 Å². The third kappa shape index (κ3) is 8.73. The van der Waals surface area contributed by atoms with Crippen molar-refractivity contribution in [3.63, 3.8) is 0 Å². The number of carbonyl (C=O) groups is 1. The SMILES string of the molecule is COc1cc(-c2cccc(-c3cccc(NC(=O)c4ccc(CCCCO)cn4)c3C)c2C)cc(F)c1CNCCS(=O)(=O)O. The summed E-state index contributed by atoms with van der Waals surface area (Å²) in [5.74, 6) is -1.01. The molecule has 1 amide bonds. The zero-order chi connectivity index (χ0) is 32.6. The van der Waals surface area contributed by atoms with Gasteiger partial charge in [0.05, 0.1) is 12.9 Å². The number of aliphatic hydroxyl groups is 1. The smallest absolute Gasteiger partial charge is 0.274 e. The van der Waals surface area contributed by atoms with Crippen LogP contribution in [-0.4, -0.2) is 55.0 Å². The van der Waals surface area contributed by atoms with Crippen molar-refractivity contribution in [2.45, 2.75) is 39.7 Å². The maximum atomic E-state index is 15.3. The van der Waals surface area contributed by atoms with Gasteiger partial charge in [0.25, 0.3) is 16.0 Å². The normalized spacial score (nSPS) is 11.4. The van der Waals surface area contributed by atoms with E-state index in [-0.39, 0.29) is 31.2 Å². The van der Waals surface area contributed by atoms with E-state index in [0.29, 0.717) is 22.7 Å². The minimum Gasteiger partial charge on any atom is -0.496 e. The fraction of sp³-hybridized carbons (Fsp3) is 0.294. The quantitative estimate of drug-likeness (QED) is 0.102. The molecule has 0 radical (unpaired) electrons. The predicted octanol–water partition coefficient (Wildman–Crippen LogP) is 5.72. The van der Waals surface area contributed by atoms with Gasteiger partial charge in [-0.25, -0.2) is 4.39 Å². The highest BCUT2D eigenvalue weighted by Crippen LogP contribution is 2.37. The van der Waals surface area contributed by atoms with Crippen molar-refractivity contribution < 1.29 is 32.0 Å². The lowest BCUT2D eigenvalue weighted by Gasteiger charge is -2.18. The van der Waals surface area contributed by atoms with E-state index in [0.717, 1.165) is 52.6 Å². The second-order valence-electron chi connectivity index (χ2n) is 10.7. The Morgan fingerprint density at radius 3 is 2.36 bits per heavy atom. The topological polar surface area (TPSA) is 138 Å². The highest BCUT2D eigenvalue weighted by molar-refractivity contribution is 7.85. The molecule has 0 aliphatic carbocycles. The largest absolute Gasteiger partial charge is 0.496 e. The molecule has 0 saturated heterocycles. The first-order chi connectivity index (χ1) is 21.5. The van der Waals surface area contributed by atoms with Crippen molar-refractivity contribution in [3.05, 3.63) is 101 Å². The first-order valence-corrected chi connectivity index (χ1v) is 16.2. The van der Waals surface area contributed by atoms with Crippen LogP contribution in [0, 0.1) is 19.7 Å². The summed E-state index contributed by atoms with van der Waals surface area (Å²) in [6.07, 6.45) is 4.05. The summed E-state index contributed by atoms with van der Waals surface area (Å²) in [6.45, 7) is 4.02. The van der Waals surface area contributed by atoms with Gasteiger partial charge >= 0.3 is 0 Å². The second-order valence-corrected chi connectivity index (χ2v) is 12.3. The van der Waals surface area contributed by atoms with Crippen LogP contribution in [0.5, 0.6) is 5.75 Å². The Bertz CT molecular complexity index is 1760. The van der Waals surface area contributed by atoms with Gasteiger partial charge in [0.15, 0.2) is 0 Å². The van der Waals surface area contributed by atoms with Crippen molar-refractivity contribution in [3.8, 4) is 28.0 Å². The van der Waals surface area contributed by atoms with Crippen LogP contribution in [0.4, 0.5) is 10.1 Å². The molecular weight excluding hydrogens is 597 g/mol. The van der Waals surface area contributed by atoms with Gasteiger partial charge in [0.1, 0.15) is 17.3 Å². The molecule has 3 aromatic carbocycles. The number of unbranched alkanes of at least 4 members (excludes halogenated alkanes) is 1. The highest BCUT2D eigenvalue weighted by Gasteiger charge is 2.18. The number of nitrogens with one attached hydrogen (secondary N) is 2. The fourth-order valence-corrected chi connectivity index (χ4v) is 5.57. The van der Waals surface area contributed by atoms with Gasteiger partial charge in [-0.2, -0.15) is 8.42 Å². The average Bonchev–Trinajstić information content (AvgIpc) is 3.01. The van der Waals surface area contributed by atoms with E-state index < -0.39 is 21.7 Å². The van der Waals surface area contributed by atoms with Crippen LogP contribution in [0.15, 0.2) is 66.9 Å². The summed E-state index contributed by atoms with van der Waals surface area (Å²) in [4.78, 5) is 17.4. The van der Waals surface area contributed by atoms with Crippen molar-refractivity contribution in [2.75, 3.05) is 31.3 Å². The van der Waals surface area contributed by atoms with Crippen LogP contribution < -0.4 is 15.4 Å². The van der Waals surface area contributed by atoms with E-state index in [2.05, 4.69) is 15.6 Å². The number of halogens is 1. The van der Waals surface area contributed by atoms with Gasteiger partial charge in [0.2, 0.25) is 0 Å². The van der Waals surface area contributed by atoms with Gasteiger partial charge in [-0.15, -0.1) is 0 Å². The minimum atomic E-state index is -4.13. The Kier molecular flexibility index (Phi) is 11.4. The van der Waals surface area contributed by atoms with Crippen LogP contribution >= 0.6 is 0 Å². The molecule has 0 fully saturated rings. The third-order valence-corrected chi connectivity index (χ3v) is 8.38. The molecule has 4 rings (SSSR count). The van der Waals surface area contributed by atoms with Crippen LogP contribution in [0.2, 0.25) is 0 Å². The maximum absolute atomic E-state index is 15.3. The number of ether oxygens (including phenoxy) is 1. The van der Waals surface area contributed by atoms with E-state index in [1.165, 1.54) is 13.2 Å². The van der Waals surface area contributed by atoms with Crippen LogP contribution in [-0.2, 0) is 23.1 Å². The number of benzene rings is 3. The molecule has 238 valence electrons. The van der Waals surface area contributed by atoms with Crippen molar-refractivity contribution in [1.82, 2.24) is 10.3 Å². The first-order valence-electron chi connectivity index (χ1n) is 14.6. The highest BCUT2D eigenvalue weighted by atomic mass is 32.2. The van der Waals surface area contributed by atoms with Gasteiger partial charge in [0, 0.05) is 37.1 Å². The molecule has 0 aliphatic rings. The molecule has 1 heterocycles. The summed E-state index contributed by atoms with van der Waals surface area (Å²) >= 11 is 0. The predicted molar refractivity (Wildman–Crippen MR) is 174 cm³/mol. The lowest BCUT2D eigenvalue weighted by molar-refractivity contribution is 0.102. The molecular formula is C34H38FN3O6S. The Labute approximate surface area is 263 Å². The molecule has 9 nitrogen and oxygen atoms in total. The monoisotopic (exact) mass is 635 g/mol. The van der Waals surface area contributed by atoms with Gasteiger partial charge in [-0.05, 0) is 96.3 Å². The number of anilines is 1. The molecule has 4 aromatic rings. The Morgan fingerprint density at radius 2 is 1.69 bits per heavy atom. The molecule has 0 spiro atoms. The number of carbonyl (C=O) groups excluding carboxylic acids is 1. The number of amides is 1. The molecule has 0 bridgehead atoms. The van der Waals surface area contributed by atoms with E-state index in [1.807, 2.05) is 56.3 Å². The number of aryl methyl sites for hydroxylation is 1. The molecule has 45 heavy (non-hydrogen) atoms. The van der Waals surface area contributed by atoms with Gasteiger partial charge in [-0.3, -0.25) is 14.3 Å². The molecule has 11 heteroatoms. The number of aromatic nitrogens is 1. The number of methoxy groups -OCH3 is 1. The summed E-state index contributed by atoms with van der Waals surface area (Å²) in [7, 11) is -2.69. The van der Waals surface area contributed by atoms with E-state index in [1.54, 1.807) is 18.3 Å². The van der Waals surface area contributed by atoms with E-state index in [9.17, 15) is 13.2 Å². The molecule has 0 unspecified atom stereocenters. The lowest BCUT2D eigenvalue weighted by atomic mass is 9.90. The molecule has 0 atom stereocenters. The molecule has 4 N–H and O–H groups in total. The van der Waals surface area contributed by atoms with Crippen molar-refractivity contribution >= 4 is 21.7 Å². The Balaban J connectivity index is 1.57. The summed E-state index contributed by atoms with van der Waals surface area (Å²) < 4.78 is 51.7. The zero-order valence-electron chi connectivity index (χ0n) is 25.6. The fourth-order valence-electron chi connectivity index (χ4n) is 5.17. The summed E-state index contributed by atoms with van der Waals surface area (Å²) in [5.41, 5.74) is 7.21. The average molecular weight is 636 g/mol. The number of nitrogens with zero attached hydrogens (tertiary/aromatic N) is 1. The van der Waals surface area contributed by atoms with E-state index >= 15 is 4.39 Å². The lowest BCUT2D eigenvalue weighted by Crippen LogP contribution is -2.23. The number of aliphatic hydroxyl groups excluding tert-OH is 1. The standard InChI is InChI=1S/C34H38FN3O6S/c1-22-26(25-18-30(35)29(33(19-25)44-3)21-36-15-17-45(41,42)43)9-6-10-27(22)28-11-7-12-31(23(28)2)38-34(40)32-14-13-24(20-37-32)8-4-5-16-39/h6-7,9-14,18-20,36,39H,4-5,8,15-17,21H2,1-3H3,(H,38,40)(H,41,42,43). The molecule has 0 aliphatic heterocycles. The zero-order valence-corrected chi connectivity index (χ0v) is 26.4. The van der Waals surface area contributed by atoms with Crippen LogP contribution in [0.1, 0.15) is 45.6 Å². The second kappa shape index (κ2) is 15.2. The van der Waals surface area contributed by atoms with Gasteiger partial charge in [-0.1, -0.05) is 36.4 Å². The summed E-state index contributed by atoms with van der Waals surface area (Å²) in [5, 5.41) is 14.8. The third-order valence-electron chi connectivity index (χ3n) is 7.66.